The molecular weight excluding hydrogens is 242 g/mol. The summed E-state index contributed by atoms with van der Waals surface area (Å²) in [5, 5.41) is 0. The van der Waals surface area contributed by atoms with Crippen LogP contribution in [0.2, 0.25) is 0 Å². The van der Waals surface area contributed by atoms with E-state index in [1.165, 1.54) is 12.8 Å². The number of hydrogen-bond acceptors (Lipinski definition) is 3. The summed E-state index contributed by atoms with van der Waals surface area (Å²) in [7, 11) is 0. The van der Waals surface area contributed by atoms with E-state index in [0.29, 0.717) is 13.0 Å². The van der Waals surface area contributed by atoms with Crippen LogP contribution >= 0.6 is 0 Å². The van der Waals surface area contributed by atoms with Crippen LogP contribution in [0.15, 0.2) is 11.6 Å². The summed E-state index contributed by atoms with van der Waals surface area (Å²) >= 11 is 0. The summed E-state index contributed by atoms with van der Waals surface area (Å²) in [6.45, 7) is 3.82. The van der Waals surface area contributed by atoms with E-state index >= 15 is 0 Å². The minimum absolute atomic E-state index is 0.169. The Kier molecular flexibility index (Phi) is 5.00. The fourth-order valence-electron chi connectivity index (χ4n) is 2.76. The van der Waals surface area contributed by atoms with Crippen LogP contribution in [-0.2, 0) is 14.3 Å². The lowest BCUT2D eigenvalue weighted by Crippen LogP contribution is -2.25. The number of rotatable bonds is 4. The summed E-state index contributed by atoms with van der Waals surface area (Å²) in [5.74, 6) is 0.171. The standard InChI is InChI=1S/C15H23NO3/c1-2-16-10-12(9-14(16)17)11-19-15(18)13-7-5-3-4-6-8-13/h7,12H,2-6,8-11H2,1H3/t12-/m0/s1. The maximum atomic E-state index is 12.0. The molecule has 19 heavy (non-hydrogen) atoms. The fourth-order valence-corrected chi connectivity index (χ4v) is 2.76. The van der Waals surface area contributed by atoms with Crippen molar-refractivity contribution in [2.45, 2.75) is 45.4 Å². The van der Waals surface area contributed by atoms with E-state index in [0.717, 1.165) is 37.9 Å². The van der Waals surface area contributed by atoms with Crippen LogP contribution < -0.4 is 0 Å². The van der Waals surface area contributed by atoms with Gasteiger partial charge in [-0.2, -0.15) is 0 Å². The van der Waals surface area contributed by atoms with Crippen molar-refractivity contribution in [3.05, 3.63) is 11.6 Å². The average Bonchev–Trinajstić information content (AvgIpc) is 2.63. The fraction of sp³-hybridized carbons (Fsp3) is 0.733. The highest BCUT2D eigenvalue weighted by Gasteiger charge is 2.29. The van der Waals surface area contributed by atoms with Gasteiger partial charge >= 0.3 is 5.97 Å². The van der Waals surface area contributed by atoms with Crippen molar-refractivity contribution in [1.29, 1.82) is 0 Å². The Balaban J connectivity index is 1.77. The lowest BCUT2D eigenvalue weighted by atomic mass is 10.1. The van der Waals surface area contributed by atoms with Gasteiger partial charge in [0, 0.05) is 31.0 Å². The highest BCUT2D eigenvalue weighted by Crippen LogP contribution is 2.21. The SMILES string of the molecule is CCN1C[C@@H](COC(=O)C2=CCCCCC2)CC1=O. The highest BCUT2D eigenvalue weighted by molar-refractivity contribution is 5.88. The van der Waals surface area contributed by atoms with Gasteiger partial charge in [-0.15, -0.1) is 0 Å². The minimum atomic E-state index is -0.177. The van der Waals surface area contributed by atoms with Gasteiger partial charge in [0.15, 0.2) is 0 Å². The van der Waals surface area contributed by atoms with E-state index < -0.39 is 0 Å². The molecule has 0 bridgehead atoms. The van der Waals surface area contributed by atoms with E-state index in [1.54, 1.807) is 0 Å². The van der Waals surface area contributed by atoms with E-state index in [-0.39, 0.29) is 17.8 Å². The molecule has 4 nitrogen and oxygen atoms in total. The van der Waals surface area contributed by atoms with Gasteiger partial charge in [-0.05, 0) is 32.6 Å². The van der Waals surface area contributed by atoms with Crippen LogP contribution in [0.5, 0.6) is 0 Å². The van der Waals surface area contributed by atoms with Gasteiger partial charge in [0.05, 0.1) is 6.61 Å². The molecule has 0 radical (unpaired) electrons. The molecule has 106 valence electrons. The lowest BCUT2D eigenvalue weighted by Gasteiger charge is -2.14. The first-order chi connectivity index (χ1) is 9.20. The number of amides is 1. The van der Waals surface area contributed by atoms with Gasteiger partial charge in [-0.1, -0.05) is 12.5 Å². The number of carbonyl (C=O) groups excluding carboxylic acids is 2. The van der Waals surface area contributed by atoms with Crippen molar-refractivity contribution < 1.29 is 14.3 Å². The Hall–Kier alpha value is -1.32. The third-order valence-corrected chi connectivity index (χ3v) is 3.93. The molecule has 0 aromatic heterocycles. The molecular formula is C15H23NO3. The molecule has 1 atom stereocenters. The van der Waals surface area contributed by atoms with Crippen LogP contribution in [0, 0.1) is 5.92 Å². The molecule has 2 rings (SSSR count). The number of nitrogens with zero attached hydrogens (tertiary/aromatic N) is 1. The molecule has 0 N–H and O–H groups in total. The number of likely N-dealkylation sites (tertiary alicyclic amines) is 1. The summed E-state index contributed by atoms with van der Waals surface area (Å²) in [4.78, 5) is 25.4. The topological polar surface area (TPSA) is 46.6 Å². The molecule has 1 aliphatic carbocycles. The number of esters is 1. The van der Waals surface area contributed by atoms with Gasteiger partial charge < -0.3 is 9.64 Å². The molecule has 1 saturated heterocycles. The second-order valence-electron chi connectivity index (χ2n) is 5.43. The third-order valence-electron chi connectivity index (χ3n) is 3.93. The molecule has 1 heterocycles. The summed E-state index contributed by atoms with van der Waals surface area (Å²) in [5.41, 5.74) is 0.828. The Labute approximate surface area is 114 Å². The number of carbonyl (C=O) groups is 2. The van der Waals surface area contributed by atoms with Crippen molar-refractivity contribution in [3.63, 3.8) is 0 Å². The predicted octanol–water partition coefficient (Wildman–Crippen LogP) is 2.29. The van der Waals surface area contributed by atoms with Crippen molar-refractivity contribution in [1.82, 2.24) is 4.90 Å². The van der Waals surface area contributed by atoms with Crippen molar-refractivity contribution in [3.8, 4) is 0 Å². The van der Waals surface area contributed by atoms with Gasteiger partial charge in [0.25, 0.3) is 0 Å². The van der Waals surface area contributed by atoms with Crippen molar-refractivity contribution >= 4 is 11.9 Å². The quantitative estimate of drug-likeness (QED) is 0.733. The van der Waals surface area contributed by atoms with Gasteiger partial charge in [0.1, 0.15) is 0 Å². The molecule has 2 aliphatic rings. The first-order valence-corrected chi connectivity index (χ1v) is 7.34. The van der Waals surface area contributed by atoms with Crippen LogP contribution in [0.4, 0.5) is 0 Å². The molecule has 0 saturated carbocycles. The van der Waals surface area contributed by atoms with Crippen molar-refractivity contribution in [2.75, 3.05) is 19.7 Å². The molecule has 0 unspecified atom stereocenters. The zero-order valence-electron chi connectivity index (χ0n) is 11.7. The first kappa shape index (κ1) is 14.1. The van der Waals surface area contributed by atoms with Gasteiger partial charge in [-0.3, -0.25) is 4.79 Å². The van der Waals surface area contributed by atoms with Gasteiger partial charge in [-0.25, -0.2) is 4.79 Å². The molecule has 0 aromatic rings. The van der Waals surface area contributed by atoms with E-state index in [1.807, 2.05) is 17.9 Å². The Bertz CT molecular complexity index is 376. The summed E-state index contributed by atoms with van der Waals surface area (Å²) < 4.78 is 5.38. The van der Waals surface area contributed by atoms with E-state index in [4.69, 9.17) is 4.74 Å². The maximum Gasteiger partial charge on any atom is 0.333 e. The van der Waals surface area contributed by atoms with Crippen LogP contribution in [-0.4, -0.2) is 36.5 Å². The predicted molar refractivity (Wildman–Crippen MR) is 72.5 cm³/mol. The van der Waals surface area contributed by atoms with Crippen LogP contribution in [0.3, 0.4) is 0 Å². The molecule has 1 amide bonds. The second kappa shape index (κ2) is 6.73. The van der Waals surface area contributed by atoms with Crippen LogP contribution in [0.25, 0.3) is 0 Å². The van der Waals surface area contributed by atoms with E-state index in [2.05, 4.69) is 0 Å². The zero-order valence-corrected chi connectivity index (χ0v) is 11.7. The summed E-state index contributed by atoms with van der Waals surface area (Å²) in [6, 6.07) is 0. The zero-order chi connectivity index (χ0) is 13.7. The Morgan fingerprint density at radius 1 is 1.42 bits per heavy atom. The van der Waals surface area contributed by atoms with Crippen molar-refractivity contribution in [2.24, 2.45) is 5.92 Å². The normalized spacial score (nSPS) is 24.1. The molecule has 0 aromatic carbocycles. The monoisotopic (exact) mass is 265 g/mol. The van der Waals surface area contributed by atoms with Gasteiger partial charge in [0.2, 0.25) is 5.91 Å². The number of allylic oxidation sites excluding steroid dienone is 1. The molecule has 4 heteroatoms. The Morgan fingerprint density at radius 2 is 2.26 bits per heavy atom. The highest BCUT2D eigenvalue weighted by atomic mass is 16.5. The smallest absolute Gasteiger partial charge is 0.333 e. The number of hydrogen-bond donors (Lipinski definition) is 0. The van der Waals surface area contributed by atoms with E-state index in [9.17, 15) is 9.59 Å². The van der Waals surface area contributed by atoms with Crippen LogP contribution in [0.1, 0.15) is 45.4 Å². The lowest BCUT2D eigenvalue weighted by molar-refractivity contribution is -0.140. The molecule has 1 aliphatic heterocycles. The molecule has 1 fully saturated rings. The number of ether oxygens (including phenoxy) is 1. The minimum Gasteiger partial charge on any atom is -0.462 e. The maximum absolute atomic E-state index is 12.0. The summed E-state index contributed by atoms with van der Waals surface area (Å²) in [6.07, 6.45) is 7.79. The first-order valence-electron chi connectivity index (χ1n) is 7.34. The largest absolute Gasteiger partial charge is 0.462 e. The Morgan fingerprint density at radius 3 is 3.00 bits per heavy atom. The molecule has 0 spiro atoms. The average molecular weight is 265 g/mol. The second-order valence-corrected chi connectivity index (χ2v) is 5.43. The third kappa shape index (κ3) is 3.82.